The number of nitrogens with zero attached hydrogens (tertiary/aromatic N) is 2. The Hall–Kier alpha value is -0.810. The van der Waals surface area contributed by atoms with Crippen LogP contribution in [0.4, 0.5) is 0 Å². The summed E-state index contributed by atoms with van der Waals surface area (Å²) in [6.07, 6.45) is 2.56. The van der Waals surface area contributed by atoms with Crippen molar-refractivity contribution in [3.8, 4) is 0 Å². The van der Waals surface area contributed by atoms with Gasteiger partial charge in [0.1, 0.15) is 6.04 Å². The molecule has 0 bridgehead atoms. The van der Waals surface area contributed by atoms with Crippen LogP contribution in [-0.4, -0.2) is 59.0 Å². The molecule has 1 aliphatic rings. The van der Waals surface area contributed by atoms with Crippen LogP contribution in [0.15, 0.2) is 0 Å². The number of rotatable bonds is 7. The lowest BCUT2D eigenvalue weighted by atomic mass is 10.0. The number of hydrogen-bond acceptors (Lipinski definition) is 3. The van der Waals surface area contributed by atoms with E-state index in [9.17, 15) is 14.7 Å². The van der Waals surface area contributed by atoms with Crippen LogP contribution in [-0.2, 0) is 9.59 Å². The van der Waals surface area contributed by atoms with E-state index in [0.717, 1.165) is 25.9 Å². The summed E-state index contributed by atoms with van der Waals surface area (Å²) in [5.41, 5.74) is 0. The molecule has 0 aromatic heterocycles. The second-order valence-corrected chi connectivity index (χ2v) is 6.91. The minimum absolute atomic E-state index is 0. The first kappa shape index (κ1) is 21.2. The van der Waals surface area contributed by atoms with Gasteiger partial charge in [-0.15, -0.1) is 12.4 Å². The monoisotopic (exact) mass is 334 g/mol. The second-order valence-electron chi connectivity index (χ2n) is 6.91. The van der Waals surface area contributed by atoms with E-state index >= 15 is 0 Å². The fraction of sp³-hybridized carbons (Fsp3) is 0.875. The first-order valence-electron chi connectivity index (χ1n) is 8.05. The minimum Gasteiger partial charge on any atom is -0.480 e. The maximum atomic E-state index is 12.5. The highest BCUT2D eigenvalue weighted by molar-refractivity contribution is 5.85. The zero-order chi connectivity index (χ0) is 16.0. The van der Waals surface area contributed by atoms with Crippen molar-refractivity contribution < 1.29 is 14.7 Å². The quantitative estimate of drug-likeness (QED) is 0.777. The minimum atomic E-state index is -0.804. The van der Waals surface area contributed by atoms with Gasteiger partial charge in [0.05, 0.1) is 6.54 Å². The summed E-state index contributed by atoms with van der Waals surface area (Å²) in [4.78, 5) is 27.6. The van der Waals surface area contributed by atoms with Crippen LogP contribution in [0.5, 0.6) is 0 Å². The van der Waals surface area contributed by atoms with E-state index in [-0.39, 0.29) is 24.9 Å². The number of carbonyl (C=O) groups is 2. The Balaban J connectivity index is 0.00000441. The Kier molecular flexibility index (Phi) is 9.69. The third-order valence-electron chi connectivity index (χ3n) is 3.76. The van der Waals surface area contributed by atoms with Gasteiger partial charge in [-0.25, -0.2) is 0 Å². The molecule has 0 saturated carbocycles. The molecule has 0 aromatic rings. The number of carbonyl (C=O) groups excluding carboxylic acids is 1. The number of hydrogen-bond donors (Lipinski definition) is 1. The Morgan fingerprint density at radius 3 is 2.14 bits per heavy atom. The molecule has 1 saturated heterocycles. The Bertz CT molecular complexity index is 351. The molecule has 22 heavy (non-hydrogen) atoms. The number of carboxylic acid groups (broad SMARTS) is 1. The van der Waals surface area contributed by atoms with Crippen LogP contribution in [0.25, 0.3) is 0 Å². The first-order chi connectivity index (χ1) is 9.81. The normalized spacial score (nSPS) is 19.1. The van der Waals surface area contributed by atoms with E-state index < -0.39 is 12.0 Å². The molecule has 1 aliphatic heterocycles. The van der Waals surface area contributed by atoms with Crippen molar-refractivity contribution in [3.05, 3.63) is 0 Å². The van der Waals surface area contributed by atoms with Crippen LogP contribution < -0.4 is 0 Å². The van der Waals surface area contributed by atoms with Gasteiger partial charge in [0.2, 0.25) is 5.91 Å². The molecule has 0 radical (unpaired) electrons. The smallest absolute Gasteiger partial charge is 0.320 e. The molecule has 1 rings (SSSR count). The van der Waals surface area contributed by atoms with Gasteiger partial charge < -0.3 is 10.0 Å². The maximum Gasteiger partial charge on any atom is 0.320 e. The number of carboxylic acids is 1. The number of likely N-dealkylation sites (tertiary alicyclic amines) is 1. The Labute approximate surface area is 140 Å². The largest absolute Gasteiger partial charge is 0.480 e. The van der Waals surface area contributed by atoms with E-state index in [1.807, 2.05) is 9.80 Å². The van der Waals surface area contributed by atoms with E-state index in [1.54, 1.807) is 0 Å². The fourth-order valence-electron chi connectivity index (χ4n) is 2.89. The predicted molar refractivity (Wildman–Crippen MR) is 90.4 cm³/mol. The zero-order valence-corrected chi connectivity index (χ0v) is 15.1. The molecule has 0 aromatic carbocycles. The molecule has 1 unspecified atom stereocenters. The Morgan fingerprint density at radius 2 is 1.68 bits per heavy atom. The van der Waals surface area contributed by atoms with E-state index in [1.165, 1.54) is 0 Å². The van der Waals surface area contributed by atoms with Crippen molar-refractivity contribution >= 4 is 24.3 Å². The molecular formula is C16H31ClN2O3. The predicted octanol–water partition coefficient (Wildman–Crippen LogP) is 2.49. The molecule has 130 valence electrons. The standard InChI is InChI=1S/C16H30N2O3.ClH/c1-12(2)9-18(10-13(3)4)15(19)11-17-8-6-5-7-14(17)16(20)21;/h12-14H,5-11H2,1-4H3,(H,20,21);1H. The zero-order valence-electron chi connectivity index (χ0n) is 14.2. The van der Waals surface area contributed by atoms with Crippen molar-refractivity contribution in [1.29, 1.82) is 0 Å². The summed E-state index contributed by atoms with van der Waals surface area (Å²) in [6.45, 7) is 10.8. The van der Waals surface area contributed by atoms with Crippen LogP contribution in [0.3, 0.4) is 0 Å². The van der Waals surface area contributed by atoms with Gasteiger partial charge >= 0.3 is 5.97 Å². The van der Waals surface area contributed by atoms with E-state index in [4.69, 9.17) is 0 Å². The van der Waals surface area contributed by atoms with Crippen molar-refractivity contribution in [2.24, 2.45) is 11.8 Å². The Morgan fingerprint density at radius 1 is 1.14 bits per heavy atom. The fourth-order valence-corrected chi connectivity index (χ4v) is 2.89. The molecule has 5 nitrogen and oxygen atoms in total. The molecule has 1 fully saturated rings. The SMILES string of the molecule is CC(C)CN(CC(C)C)C(=O)CN1CCCCC1C(=O)O.Cl. The molecule has 1 atom stereocenters. The summed E-state index contributed by atoms with van der Waals surface area (Å²) in [5, 5.41) is 9.28. The lowest BCUT2D eigenvalue weighted by molar-refractivity contribution is -0.146. The molecule has 1 N–H and O–H groups in total. The molecular weight excluding hydrogens is 304 g/mol. The summed E-state index contributed by atoms with van der Waals surface area (Å²) in [7, 11) is 0. The topological polar surface area (TPSA) is 60.9 Å². The molecule has 1 amide bonds. The highest BCUT2D eigenvalue weighted by atomic mass is 35.5. The number of aliphatic carboxylic acids is 1. The van der Waals surface area contributed by atoms with Gasteiger partial charge in [-0.1, -0.05) is 34.1 Å². The average molecular weight is 335 g/mol. The maximum absolute atomic E-state index is 12.5. The van der Waals surface area contributed by atoms with Crippen molar-refractivity contribution in [2.45, 2.75) is 53.0 Å². The number of amides is 1. The highest BCUT2D eigenvalue weighted by Gasteiger charge is 2.31. The van der Waals surface area contributed by atoms with Gasteiger partial charge in [-0.05, 0) is 31.2 Å². The summed E-state index contributed by atoms with van der Waals surface area (Å²) >= 11 is 0. The third-order valence-corrected chi connectivity index (χ3v) is 3.76. The lowest BCUT2D eigenvalue weighted by Gasteiger charge is -2.35. The molecule has 6 heteroatoms. The second kappa shape index (κ2) is 10.1. The molecule has 0 spiro atoms. The van der Waals surface area contributed by atoms with Crippen molar-refractivity contribution in [2.75, 3.05) is 26.2 Å². The summed E-state index contributed by atoms with van der Waals surface area (Å²) in [5.74, 6) is 0.0981. The number of halogens is 1. The van der Waals surface area contributed by atoms with Gasteiger partial charge in [-0.2, -0.15) is 0 Å². The van der Waals surface area contributed by atoms with E-state index in [2.05, 4.69) is 27.7 Å². The van der Waals surface area contributed by atoms with Crippen LogP contribution >= 0.6 is 12.4 Å². The van der Waals surface area contributed by atoms with Gasteiger partial charge in [-0.3, -0.25) is 14.5 Å². The highest BCUT2D eigenvalue weighted by Crippen LogP contribution is 2.17. The molecule has 1 heterocycles. The lowest BCUT2D eigenvalue weighted by Crippen LogP contribution is -2.50. The summed E-state index contributed by atoms with van der Waals surface area (Å²) in [6, 6.07) is -0.498. The summed E-state index contributed by atoms with van der Waals surface area (Å²) < 4.78 is 0. The average Bonchev–Trinajstić information content (AvgIpc) is 2.37. The van der Waals surface area contributed by atoms with Gasteiger partial charge in [0.25, 0.3) is 0 Å². The van der Waals surface area contributed by atoms with Gasteiger partial charge in [0.15, 0.2) is 0 Å². The van der Waals surface area contributed by atoms with E-state index in [0.29, 0.717) is 24.8 Å². The van der Waals surface area contributed by atoms with Crippen LogP contribution in [0.1, 0.15) is 47.0 Å². The van der Waals surface area contributed by atoms with Gasteiger partial charge in [0, 0.05) is 13.1 Å². The number of piperidine rings is 1. The van der Waals surface area contributed by atoms with Crippen LogP contribution in [0, 0.1) is 11.8 Å². The van der Waals surface area contributed by atoms with Crippen molar-refractivity contribution in [1.82, 2.24) is 9.80 Å². The third kappa shape index (κ3) is 6.97. The van der Waals surface area contributed by atoms with Crippen molar-refractivity contribution in [3.63, 3.8) is 0 Å². The van der Waals surface area contributed by atoms with Crippen LogP contribution in [0.2, 0.25) is 0 Å². The first-order valence-corrected chi connectivity index (χ1v) is 8.05. The molecule has 0 aliphatic carbocycles.